The minimum atomic E-state index is -0.919. The van der Waals surface area contributed by atoms with Crippen molar-refractivity contribution in [3.05, 3.63) is 12.2 Å². The molecule has 0 aromatic carbocycles. The fourth-order valence-corrected chi connectivity index (χ4v) is 2.10. The summed E-state index contributed by atoms with van der Waals surface area (Å²) < 4.78 is 9.83. The van der Waals surface area contributed by atoms with Crippen molar-refractivity contribution in [3.8, 4) is 0 Å². The van der Waals surface area contributed by atoms with E-state index in [1.165, 1.54) is 0 Å². The van der Waals surface area contributed by atoms with Crippen molar-refractivity contribution in [1.29, 1.82) is 0 Å². The van der Waals surface area contributed by atoms with E-state index in [4.69, 9.17) is 14.6 Å². The highest BCUT2D eigenvalue weighted by Gasteiger charge is 2.38. The van der Waals surface area contributed by atoms with Crippen LogP contribution >= 0.6 is 0 Å². The third kappa shape index (κ3) is 3.57. The quantitative estimate of drug-likeness (QED) is 0.434. The number of carbonyl (C=O) groups excluding carboxylic acids is 2. The summed E-state index contributed by atoms with van der Waals surface area (Å²) in [6.07, 6.45) is 4.19. The SMILES string of the molecule is CCOC(=O)C(C(=O)OCC)[C@H]1C=C[C@@H](CO)C1. The van der Waals surface area contributed by atoms with Gasteiger partial charge in [-0.25, -0.2) is 0 Å². The first-order chi connectivity index (χ1) is 8.63. The number of esters is 2. The Morgan fingerprint density at radius 2 is 1.78 bits per heavy atom. The fraction of sp³-hybridized carbons (Fsp3) is 0.692. The van der Waals surface area contributed by atoms with E-state index < -0.39 is 17.9 Å². The van der Waals surface area contributed by atoms with Crippen LogP contribution in [0.3, 0.4) is 0 Å². The average Bonchev–Trinajstić information content (AvgIpc) is 2.78. The number of rotatable bonds is 6. The Balaban J connectivity index is 2.75. The van der Waals surface area contributed by atoms with Crippen LogP contribution in [0.4, 0.5) is 0 Å². The van der Waals surface area contributed by atoms with E-state index in [9.17, 15) is 9.59 Å². The lowest BCUT2D eigenvalue weighted by atomic mass is 9.90. The maximum Gasteiger partial charge on any atom is 0.320 e. The molecule has 102 valence electrons. The summed E-state index contributed by atoms with van der Waals surface area (Å²) in [5.74, 6) is -2.27. The van der Waals surface area contributed by atoms with Crippen LogP contribution in [-0.4, -0.2) is 36.9 Å². The van der Waals surface area contributed by atoms with Crippen LogP contribution in [0.1, 0.15) is 20.3 Å². The number of hydrogen-bond donors (Lipinski definition) is 1. The summed E-state index contributed by atoms with van der Waals surface area (Å²) in [5, 5.41) is 9.07. The molecule has 1 aliphatic carbocycles. The van der Waals surface area contributed by atoms with Crippen LogP contribution in [-0.2, 0) is 19.1 Å². The van der Waals surface area contributed by atoms with Gasteiger partial charge in [0.05, 0.1) is 13.2 Å². The standard InChI is InChI=1S/C13H20O5/c1-3-17-12(15)11(13(16)18-4-2)10-6-5-9(7-10)8-14/h5-6,9-11,14H,3-4,7-8H2,1-2H3/t9-,10+/m1/s1. The predicted molar refractivity (Wildman–Crippen MR) is 64.6 cm³/mol. The van der Waals surface area contributed by atoms with E-state index in [-0.39, 0.29) is 31.7 Å². The molecule has 0 aromatic heterocycles. The molecule has 0 fully saturated rings. The van der Waals surface area contributed by atoms with Gasteiger partial charge in [-0.3, -0.25) is 9.59 Å². The Kier molecular flexibility index (Phi) is 5.85. The second kappa shape index (κ2) is 7.16. The first-order valence-corrected chi connectivity index (χ1v) is 6.26. The Morgan fingerprint density at radius 1 is 1.22 bits per heavy atom. The van der Waals surface area contributed by atoms with Gasteiger partial charge in [-0.1, -0.05) is 12.2 Å². The minimum Gasteiger partial charge on any atom is -0.465 e. The van der Waals surface area contributed by atoms with Crippen LogP contribution < -0.4 is 0 Å². The Labute approximate surface area is 107 Å². The molecule has 0 bridgehead atoms. The fourth-order valence-electron chi connectivity index (χ4n) is 2.10. The lowest BCUT2D eigenvalue weighted by Gasteiger charge is -2.19. The third-order valence-electron chi connectivity index (χ3n) is 2.95. The van der Waals surface area contributed by atoms with Crippen molar-refractivity contribution in [2.24, 2.45) is 17.8 Å². The predicted octanol–water partition coefficient (Wildman–Crippen LogP) is 0.913. The molecular formula is C13H20O5. The topological polar surface area (TPSA) is 72.8 Å². The van der Waals surface area contributed by atoms with Gasteiger partial charge in [-0.2, -0.15) is 0 Å². The normalized spacial score (nSPS) is 22.2. The van der Waals surface area contributed by atoms with Crippen LogP contribution in [0, 0.1) is 17.8 Å². The molecule has 0 unspecified atom stereocenters. The van der Waals surface area contributed by atoms with E-state index in [2.05, 4.69) is 0 Å². The van der Waals surface area contributed by atoms with E-state index >= 15 is 0 Å². The molecule has 0 saturated heterocycles. The maximum atomic E-state index is 11.8. The van der Waals surface area contributed by atoms with Crippen LogP contribution in [0.2, 0.25) is 0 Å². The van der Waals surface area contributed by atoms with Gasteiger partial charge >= 0.3 is 11.9 Å². The van der Waals surface area contributed by atoms with Crippen molar-refractivity contribution in [3.63, 3.8) is 0 Å². The Bertz CT molecular complexity index is 305. The summed E-state index contributed by atoms with van der Waals surface area (Å²) >= 11 is 0. The molecule has 5 heteroatoms. The molecule has 0 saturated carbocycles. The maximum absolute atomic E-state index is 11.8. The number of ether oxygens (including phenoxy) is 2. The summed E-state index contributed by atoms with van der Waals surface area (Å²) in [6, 6.07) is 0. The zero-order chi connectivity index (χ0) is 13.5. The van der Waals surface area contributed by atoms with E-state index in [1.807, 2.05) is 6.08 Å². The number of carbonyl (C=O) groups is 2. The van der Waals surface area contributed by atoms with Crippen LogP contribution in [0.25, 0.3) is 0 Å². The smallest absolute Gasteiger partial charge is 0.320 e. The summed E-state index contributed by atoms with van der Waals surface area (Å²) in [6.45, 7) is 3.87. The third-order valence-corrected chi connectivity index (χ3v) is 2.95. The molecule has 0 heterocycles. The number of hydrogen-bond acceptors (Lipinski definition) is 5. The average molecular weight is 256 g/mol. The molecule has 0 spiro atoms. The largest absolute Gasteiger partial charge is 0.465 e. The van der Waals surface area contributed by atoms with Gasteiger partial charge < -0.3 is 14.6 Å². The number of aliphatic hydroxyl groups excluding tert-OH is 1. The number of aliphatic hydroxyl groups is 1. The highest BCUT2D eigenvalue weighted by molar-refractivity contribution is 5.95. The van der Waals surface area contributed by atoms with E-state index in [0.717, 1.165) is 0 Å². The van der Waals surface area contributed by atoms with Gasteiger partial charge in [0.2, 0.25) is 0 Å². The van der Waals surface area contributed by atoms with E-state index in [1.54, 1.807) is 19.9 Å². The molecule has 0 aliphatic heterocycles. The van der Waals surface area contributed by atoms with Gasteiger partial charge in [0.25, 0.3) is 0 Å². The minimum absolute atomic E-state index is 0.00125. The number of allylic oxidation sites excluding steroid dienone is 1. The molecule has 2 atom stereocenters. The van der Waals surface area contributed by atoms with Gasteiger partial charge in [-0.05, 0) is 20.3 Å². The first-order valence-electron chi connectivity index (χ1n) is 6.26. The summed E-state index contributed by atoms with van der Waals surface area (Å²) in [5.41, 5.74) is 0. The van der Waals surface area contributed by atoms with Crippen molar-refractivity contribution in [2.75, 3.05) is 19.8 Å². The summed E-state index contributed by atoms with van der Waals surface area (Å²) in [7, 11) is 0. The highest BCUT2D eigenvalue weighted by atomic mass is 16.6. The van der Waals surface area contributed by atoms with Crippen molar-refractivity contribution < 1.29 is 24.2 Å². The van der Waals surface area contributed by atoms with Gasteiger partial charge in [0.15, 0.2) is 5.92 Å². The van der Waals surface area contributed by atoms with Crippen molar-refractivity contribution in [2.45, 2.75) is 20.3 Å². The van der Waals surface area contributed by atoms with Crippen LogP contribution in [0.5, 0.6) is 0 Å². The molecule has 1 aliphatic rings. The molecule has 0 amide bonds. The molecule has 5 nitrogen and oxygen atoms in total. The van der Waals surface area contributed by atoms with E-state index in [0.29, 0.717) is 6.42 Å². The van der Waals surface area contributed by atoms with Gasteiger partial charge in [-0.15, -0.1) is 0 Å². The van der Waals surface area contributed by atoms with Gasteiger partial charge in [0.1, 0.15) is 0 Å². The second-order valence-corrected chi connectivity index (χ2v) is 4.21. The van der Waals surface area contributed by atoms with Crippen LogP contribution in [0.15, 0.2) is 12.2 Å². The Hall–Kier alpha value is -1.36. The summed E-state index contributed by atoms with van der Waals surface area (Å²) in [4.78, 5) is 23.6. The molecule has 1 N–H and O–H groups in total. The molecule has 0 radical (unpaired) electrons. The monoisotopic (exact) mass is 256 g/mol. The molecule has 0 aromatic rings. The van der Waals surface area contributed by atoms with Crippen molar-refractivity contribution in [1.82, 2.24) is 0 Å². The highest BCUT2D eigenvalue weighted by Crippen LogP contribution is 2.31. The van der Waals surface area contributed by atoms with Crippen molar-refractivity contribution >= 4 is 11.9 Å². The first kappa shape index (κ1) is 14.7. The zero-order valence-corrected chi connectivity index (χ0v) is 10.8. The lowest BCUT2D eigenvalue weighted by Crippen LogP contribution is -2.33. The zero-order valence-electron chi connectivity index (χ0n) is 10.8. The second-order valence-electron chi connectivity index (χ2n) is 4.21. The molecular weight excluding hydrogens is 236 g/mol. The Morgan fingerprint density at radius 3 is 2.17 bits per heavy atom. The lowest BCUT2D eigenvalue weighted by molar-refractivity contribution is -0.163. The van der Waals surface area contributed by atoms with Gasteiger partial charge in [0, 0.05) is 18.4 Å². The molecule has 1 rings (SSSR count). The molecule has 18 heavy (non-hydrogen) atoms.